The predicted octanol–water partition coefficient (Wildman–Crippen LogP) is 3.67. The third kappa shape index (κ3) is 4.55. The minimum Gasteiger partial charge on any atom is -0.313 e. The van der Waals surface area contributed by atoms with Crippen molar-refractivity contribution in [2.24, 2.45) is 5.41 Å². The third-order valence-corrected chi connectivity index (χ3v) is 4.82. The molecule has 0 radical (unpaired) electrons. The van der Waals surface area contributed by atoms with Gasteiger partial charge in [0.1, 0.15) is 0 Å². The van der Waals surface area contributed by atoms with Gasteiger partial charge in [-0.1, -0.05) is 34.1 Å². The van der Waals surface area contributed by atoms with Crippen molar-refractivity contribution >= 4 is 0 Å². The minimum atomic E-state index is 0.627. The van der Waals surface area contributed by atoms with Crippen molar-refractivity contribution in [2.75, 3.05) is 26.2 Å². The molecule has 0 aromatic rings. The Morgan fingerprint density at radius 3 is 2.33 bits per heavy atom. The van der Waals surface area contributed by atoms with Crippen LogP contribution in [0.1, 0.15) is 66.2 Å². The maximum Gasteiger partial charge on any atom is 0.0194 e. The highest BCUT2D eigenvalue weighted by molar-refractivity contribution is 4.89. The van der Waals surface area contributed by atoms with Gasteiger partial charge in [-0.05, 0) is 50.6 Å². The van der Waals surface area contributed by atoms with E-state index in [1.165, 1.54) is 64.7 Å². The maximum atomic E-state index is 3.72. The fourth-order valence-electron chi connectivity index (χ4n) is 3.28. The van der Waals surface area contributed by atoms with Gasteiger partial charge in [-0.25, -0.2) is 0 Å². The zero-order valence-corrected chi connectivity index (χ0v) is 13.1. The van der Waals surface area contributed by atoms with Crippen molar-refractivity contribution < 1.29 is 0 Å². The van der Waals surface area contributed by atoms with Crippen molar-refractivity contribution in [3.8, 4) is 0 Å². The molecule has 1 heterocycles. The molecule has 0 bridgehead atoms. The van der Waals surface area contributed by atoms with E-state index in [2.05, 4.69) is 37.9 Å². The van der Waals surface area contributed by atoms with Gasteiger partial charge in [-0.3, -0.25) is 0 Å². The average molecular weight is 254 g/mol. The van der Waals surface area contributed by atoms with Crippen molar-refractivity contribution in [2.45, 2.75) is 72.3 Å². The van der Waals surface area contributed by atoms with Crippen LogP contribution in [0.4, 0.5) is 0 Å². The molecule has 1 aliphatic heterocycles. The van der Waals surface area contributed by atoms with E-state index in [9.17, 15) is 0 Å². The highest BCUT2D eigenvalue weighted by Gasteiger charge is 2.35. The van der Waals surface area contributed by atoms with E-state index >= 15 is 0 Å². The van der Waals surface area contributed by atoms with Gasteiger partial charge in [0.15, 0.2) is 0 Å². The van der Waals surface area contributed by atoms with Crippen LogP contribution in [-0.4, -0.2) is 37.1 Å². The smallest absolute Gasteiger partial charge is 0.0194 e. The van der Waals surface area contributed by atoms with Crippen LogP contribution in [0.25, 0.3) is 0 Å². The summed E-state index contributed by atoms with van der Waals surface area (Å²) in [6.07, 6.45) is 7.96. The van der Waals surface area contributed by atoms with Crippen molar-refractivity contribution in [3.05, 3.63) is 0 Å². The molecule has 0 saturated carbocycles. The van der Waals surface area contributed by atoms with Crippen LogP contribution in [0.2, 0.25) is 0 Å². The highest BCUT2D eigenvalue weighted by atomic mass is 15.2. The summed E-state index contributed by atoms with van der Waals surface area (Å²) in [5.41, 5.74) is 0.627. The summed E-state index contributed by atoms with van der Waals surface area (Å²) in [5.74, 6) is 0. The molecule has 0 aliphatic carbocycles. The molecule has 2 nitrogen and oxygen atoms in total. The van der Waals surface area contributed by atoms with Gasteiger partial charge in [-0.15, -0.1) is 0 Å². The number of hydrogen-bond acceptors (Lipinski definition) is 2. The van der Waals surface area contributed by atoms with E-state index in [-0.39, 0.29) is 0 Å². The summed E-state index contributed by atoms with van der Waals surface area (Å²) in [5, 5.41) is 3.72. The Hall–Kier alpha value is -0.0800. The Bertz CT molecular complexity index is 211. The van der Waals surface area contributed by atoms with Crippen LogP contribution in [0.5, 0.6) is 0 Å². The molecule has 18 heavy (non-hydrogen) atoms. The van der Waals surface area contributed by atoms with Crippen LogP contribution in [0, 0.1) is 5.41 Å². The number of likely N-dealkylation sites (tertiary alicyclic amines) is 1. The normalized spacial score (nSPS) is 21.3. The number of nitrogens with zero attached hydrogens (tertiary/aromatic N) is 1. The topological polar surface area (TPSA) is 15.3 Å². The Labute approximate surface area is 115 Å². The van der Waals surface area contributed by atoms with Crippen LogP contribution < -0.4 is 5.32 Å². The molecule has 0 spiro atoms. The quantitative estimate of drug-likeness (QED) is 0.675. The van der Waals surface area contributed by atoms with E-state index in [0.717, 1.165) is 0 Å². The second-order valence-electron chi connectivity index (χ2n) is 6.13. The minimum absolute atomic E-state index is 0.627. The van der Waals surface area contributed by atoms with Gasteiger partial charge in [0.25, 0.3) is 0 Å². The zero-order chi connectivity index (χ0) is 13.4. The molecule has 1 atom stereocenters. The lowest BCUT2D eigenvalue weighted by Crippen LogP contribution is -2.41. The van der Waals surface area contributed by atoms with Crippen LogP contribution >= 0.6 is 0 Å². The van der Waals surface area contributed by atoms with E-state index in [1.54, 1.807) is 0 Å². The van der Waals surface area contributed by atoms with Crippen LogP contribution in [0.3, 0.4) is 0 Å². The number of nitrogens with one attached hydrogen (secondary N) is 1. The van der Waals surface area contributed by atoms with E-state index in [1.807, 2.05) is 0 Å². The van der Waals surface area contributed by atoms with Gasteiger partial charge >= 0.3 is 0 Å². The van der Waals surface area contributed by atoms with Gasteiger partial charge < -0.3 is 10.2 Å². The average Bonchev–Trinajstić information content (AvgIpc) is 2.80. The summed E-state index contributed by atoms with van der Waals surface area (Å²) < 4.78 is 0. The summed E-state index contributed by atoms with van der Waals surface area (Å²) >= 11 is 0. The monoisotopic (exact) mass is 254 g/mol. The molecular formula is C16H34N2. The Kier molecular flexibility index (Phi) is 7.25. The van der Waals surface area contributed by atoms with Gasteiger partial charge in [0.2, 0.25) is 0 Å². The maximum absolute atomic E-state index is 3.72. The largest absolute Gasteiger partial charge is 0.313 e. The molecule has 2 heteroatoms. The summed E-state index contributed by atoms with van der Waals surface area (Å²) in [6, 6.07) is 0.708. The van der Waals surface area contributed by atoms with Crippen LogP contribution in [-0.2, 0) is 0 Å². The highest BCUT2D eigenvalue weighted by Crippen LogP contribution is 2.36. The molecule has 1 unspecified atom stereocenters. The first-order valence-electron chi connectivity index (χ1n) is 8.15. The first-order chi connectivity index (χ1) is 8.69. The first kappa shape index (κ1) is 16.0. The second-order valence-corrected chi connectivity index (χ2v) is 6.13. The molecular weight excluding hydrogens is 220 g/mol. The lowest BCUT2D eigenvalue weighted by molar-refractivity contribution is 0.221. The first-order valence-corrected chi connectivity index (χ1v) is 8.15. The summed E-state index contributed by atoms with van der Waals surface area (Å²) in [6.45, 7) is 14.4. The molecule has 1 rings (SSSR count). The van der Waals surface area contributed by atoms with Gasteiger partial charge in [0.05, 0.1) is 0 Å². The second kappa shape index (κ2) is 8.16. The van der Waals surface area contributed by atoms with Crippen LogP contribution in [0.15, 0.2) is 0 Å². The summed E-state index contributed by atoms with van der Waals surface area (Å²) in [7, 11) is 0. The SMILES string of the molecule is CCCNC(CCC)CN1CCC(CC)(CC)C1. The Morgan fingerprint density at radius 2 is 1.83 bits per heavy atom. The van der Waals surface area contributed by atoms with Gasteiger partial charge in [-0.2, -0.15) is 0 Å². The van der Waals surface area contributed by atoms with E-state index in [0.29, 0.717) is 11.5 Å². The molecule has 1 N–H and O–H groups in total. The van der Waals surface area contributed by atoms with E-state index in [4.69, 9.17) is 0 Å². The molecule has 0 amide bonds. The fraction of sp³-hybridized carbons (Fsp3) is 1.00. The molecule has 0 aromatic carbocycles. The third-order valence-electron chi connectivity index (χ3n) is 4.82. The molecule has 1 saturated heterocycles. The molecule has 1 aliphatic rings. The lowest BCUT2D eigenvalue weighted by Gasteiger charge is -2.29. The standard InChI is InChI=1S/C16H34N2/c1-5-9-15(17-11-6-2)13-18-12-10-16(7-3,8-4)14-18/h15,17H,5-14H2,1-4H3. The van der Waals surface area contributed by atoms with Crippen molar-refractivity contribution in [3.63, 3.8) is 0 Å². The molecule has 1 fully saturated rings. The molecule has 0 aromatic heterocycles. The lowest BCUT2D eigenvalue weighted by atomic mass is 9.82. The number of hydrogen-bond donors (Lipinski definition) is 1. The fourth-order valence-corrected chi connectivity index (χ4v) is 3.28. The Morgan fingerprint density at radius 1 is 1.11 bits per heavy atom. The van der Waals surface area contributed by atoms with Crippen molar-refractivity contribution in [1.29, 1.82) is 0 Å². The number of rotatable bonds is 9. The zero-order valence-electron chi connectivity index (χ0n) is 13.1. The van der Waals surface area contributed by atoms with Gasteiger partial charge in [0, 0.05) is 19.1 Å². The van der Waals surface area contributed by atoms with Crippen molar-refractivity contribution in [1.82, 2.24) is 10.2 Å². The predicted molar refractivity (Wildman–Crippen MR) is 81.1 cm³/mol. The Balaban J connectivity index is 2.40. The molecule has 108 valence electrons. The van der Waals surface area contributed by atoms with E-state index < -0.39 is 0 Å². The summed E-state index contributed by atoms with van der Waals surface area (Å²) in [4.78, 5) is 2.70.